The van der Waals surface area contributed by atoms with Crippen molar-refractivity contribution in [3.63, 3.8) is 0 Å². The summed E-state index contributed by atoms with van der Waals surface area (Å²) in [5.41, 5.74) is 7.59. The van der Waals surface area contributed by atoms with E-state index < -0.39 is 0 Å². The van der Waals surface area contributed by atoms with E-state index in [2.05, 4.69) is 15.1 Å². The Bertz CT molecular complexity index is 773. The Kier molecular flexibility index (Phi) is 3.22. The fourth-order valence-corrected chi connectivity index (χ4v) is 2.03. The molecule has 0 unspecified atom stereocenters. The second kappa shape index (κ2) is 4.93. The molecule has 0 bridgehead atoms. The summed E-state index contributed by atoms with van der Waals surface area (Å²) in [7, 11) is 0. The number of fused-ring (bicyclic) bond motifs is 1. The molecule has 5 nitrogen and oxygen atoms in total. The maximum absolute atomic E-state index is 6.14. The van der Waals surface area contributed by atoms with Crippen LogP contribution in [0.2, 0.25) is 0 Å². The molecule has 0 fully saturated rings. The molecule has 0 radical (unpaired) electrons. The molecular formula is C16H18N4O. The molecule has 1 atom stereocenters. The van der Waals surface area contributed by atoms with Gasteiger partial charge in [-0.3, -0.25) is 0 Å². The summed E-state index contributed by atoms with van der Waals surface area (Å²) in [4.78, 5) is 8.94. The van der Waals surface area contributed by atoms with Gasteiger partial charge in [0.1, 0.15) is 5.69 Å². The predicted molar refractivity (Wildman–Crippen MR) is 81.4 cm³/mol. The quantitative estimate of drug-likeness (QED) is 0.780. The summed E-state index contributed by atoms with van der Waals surface area (Å²) in [6.07, 6.45) is 0. The van der Waals surface area contributed by atoms with Crippen LogP contribution in [-0.2, 0) is 0 Å². The third-order valence-corrected chi connectivity index (χ3v) is 3.47. The first-order valence-corrected chi connectivity index (χ1v) is 6.90. The molecule has 3 rings (SSSR count). The minimum atomic E-state index is -0.306. The van der Waals surface area contributed by atoms with Crippen molar-refractivity contribution >= 4 is 10.9 Å². The lowest BCUT2D eigenvalue weighted by molar-refractivity contribution is 0.253. The van der Waals surface area contributed by atoms with Gasteiger partial charge in [-0.05, 0) is 17.5 Å². The molecule has 0 aliphatic heterocycles. The molecule has 21 heavy (non-hydrogen) atoms. The van der Waals surface area contributed by atoms with Crippen molar-refractivity contribution < 1.29 is 4.52 Å². The Morgan fingerprint density at radius 1 is 1.05 bits per heavy atom. The van der Waals surface area contributed by atoms with E-state index >= 15 is 0 Å². The Labute approximate surface area is 123 Å². The molecule has 2 heterocycles. The zero-order chi connectivity index (χ0) is 15.0. The van der Waals surface area contributed by atoms with Crippen molar-refractivity contribution in [2.75, 3.05) is 0 Å². The first-order chi connectivity index (χ1) is 9.95. The molecular weight excluding hydrogens is 264 g/mol. The zero-order valence-electron chi connectivity index (χ0n) is 12.4. The molecule has 0 aliphatic carbocycles. The van der Waals surface area contributed by atoms with Crippen LogP contribution in [0.1, 0.15) is 32.7 Å². The third-order valence-electron chi connectivity index (χ3n) is 3.47. The summed E-state index contributed by atoms with van der Waals surface area (Å²) < 4.78 is 5.29. The number of para-hydroxylation sites is 1. The molecule has 1 aromatic carbocycles. The highest BCUT2D eigenvalue weighted by molar-refractivity contribution is 5.80. The van der Waals surface area contributed by atoms with Crippen molar-refractivity contribution in [3.8, 4) is 11.5 Å². The highest BCUT2D eigenvalue weighted by Crippen LogP contribution is 2.30. The Morgan fingerprint density at radius 3 is 2.57 bits per heavy atom. The number of nitrogens with zero attached hydrogens (tertiary/aromatic N) is 3. The van der Waals surface area contributed by atoms with Gasteiger partial charge in [-0.2, -0.15) is 4.98 Å². The first-order valence-electron chi connectivity index (χ1n) is 6.90. The lowest BCUT2D eigenvalue weighted by Gasteiger charge is -2.23. The van der Waals surface area contributed by atoms with Gasteiger partial charge < -0.3 is 10.3 Å². The molecule has 0 saturated carbocycles. The Balaban J connectivity index is 1.98. The number of benzene rings is 1. The molecule has 0 amide bonds. The van der Waals surface area contributed by atoms with Gasteiger partial charge in [0.25, 0.3) is 0 Å². The van der Waals surface area contributed by atoms with Gasteiger partial charge in [-0.1, -0.05) is 50.2 Å². The number of pyridine rings is 1. The van der Waals surface area contributed by atoms with Crippen LogP contribution in [0.3, 0.4) is 0 Å². The highest BCUT2D eigenvalue weighted by atomic mass is 16.5. The van der Waals surface area contributed by atoms with Gasteiger partial charge in [0.2, 0.25) is 11.7 Å². The largest absolute Gasteiger partial charge is 0.337 e. The van der Waals surface area contributed by atoms with E-state index in [4.69, 9.17) is 10.3 Å². The van der Waals surface area contributed by atoms with E-state index in [0.29, 0.717) is 17.4 Å². The van der Waals surface area contributed by atoms with Gasteiger partial charge in [-0.15, -0.1) is 0 Å². The van der Waals surface area contributed by atoms with E-state index in [1.165, 1.54) is 0 Å². The van der Waals surface area contributed by atoms with Crippen LogP contribution in [-0.4, -0.2) is 15.1 Å². The van der Waals surface area contributed by atoms with Crippen LogP contribution in [0.15, 0.2) is 40.9 Å². The van der Waals surface area contributed by atoms with Crippen LogP contribution < -0.4 is 5.73 Å². The van der Waals surface area contributed by atoms with Gasteiger partial charge in [-0.25, -0.2) is 4.98 Å². The average Bonchev–Trinajstić information content (AvgIpc) is 2.94. The summed E-state index contributed by atoms with van der Waals surface area (Å²) in [6.45, 7) is 6.11. The molecule has 2 aromatic heterocycles. The number of hydrogen-bond donors (Lipinski definition) is 1. The smallest absolute Gasteiger partial charge is 0.244 e. The Morgan fingerprint density at radius 2 is 1.81 bits per heavy atom. The van der Waals surface area contributed by atoms with Gasteiger partial charge in [0, 0.05) is 5.39 Å². The van der Waals surface area contributed by atoms with Crippen molar-refractivity contribution in [1.29, 1.82) is 0 Å². The SMILES string of the molecule is CC(C)(C)[C@@H](N)c1nc(-c2ccc3ccccc3n2)no1. The fourth-order valence-electron chi connectivity index (χ4n) is 2.03. The summed E-state index contributed by atoms with van der Waals surface area (Å²) in [6, 6.07) is 11.5. The van der Waals surface area contributed by atoms with E-state index in [0.717, 1.165) is 10.9 Å². The molecule has 108 valence electrons. The van der Waals surface area contributed by atoms with Gasteiger partial charge in [0.15, 0.2) is 0 Å². The van der Waals surface area contributed by atoms with Crippen LogP contribution in [0.5, 0.6) is 0 Å². The van der Waals surface area contributed by atoms with Crippen molar-refractivity contribution in [3.05, 3.63) is 42.3 Å². The summed E-state index contributed by atoms with van der Waals surface area (Å²) in [5, 5.41) is 5.08. The van der Waals surface area contributed by atoms with E-state index in [1.807, 2.05) is 57.2 Å². The van der Waals surface area contributed by atoms with Crippen molar-refractivity contribution in [2.45, 2.75) is 26.8 Å². The normalized spacial score (nSPS) is 13.5. The fraction of sp³-hybridized carbons (Fsp3) is 0.312. The highest BCUT2D eigenvalue weighted by Gasteiger charge is 2.27. The molecule has 5 heteroatoms. The monoisotopic (exact) mass is 282 g/mol. The van der Waals surface area contributed by atoms with Gasteiger partial charge >= 0.3 is 0 Å². The number of aromatic nitrogens is 3. The van der Waals surface area contributed by atoms with Crippen molar-refractivity contribution in [2.24, 2.45) is 11.1 Å². The van der Waals surface area contributed by atoms with Gasteiger partial charge in [0.05, 0.1) is 11.6 Å². The van der Waals surface area contributed by atoms with Crippen molar-refractivity contribution in [1.82, 2.24) is 15.1 Å². The third kappa shape index (κ3) is 2.64. The number of nitrogens with two attached hydrogens (primary N) is 1. The minimum absolute atomic E-state index is 0.138. The lowest BCUT2D eigenvalue weighted by atomic mass is 9.87. The number of hydrogen-bond acceptors (Lipinski definition) is 5. The van der Waals surface area contributed by atoms with Crippen LogP contribution >= 0.6 is 0 Å². The molecule has 0 saturated heterocycles. The maximum Gasteiger partial charge on any atom is 0.244 e. The average molecular weight is 282 g/mol. The summed E-state index contributed by atoms with van der Waals surface area (Å²) in [5.74, 6) is 0.905. The first kappa shape index (κ1) is 13.7. The molecule has 3 aromatic rings. The Hall–Kier alpha value is -2.27. The second-order valence-corrected chi connectivity index (χ2v) is 6.19. The van der Waals surface area contributed by atoms with E-state index in [-0.39, 0.29) is 11.5 Å². The number of rotatable bonds is 2. The molecule has 0 aliphatic rings. The van der Waals surface area contributed by atoms with E-state index in [1.54, 1.807) is 0 Å². The standard InChI is InChI=1S/C16H18N4O/c1-16(2,3)13(17)15-19-14(20-21-15)12-9-8-10-6-4-5-7-11(10)18-12/h4-9,13H,17H2,1-3H3/t13-/m0/s1. The van der Waals surface area contributed by atoms with E-state index in [9.17, 15) is 0 Å². The maximum atomic E-state index is 6.14. The molecule has 2 N–H and O–H groups in total. The van der Waals surface area contributed by atoms with Crippen LogP contribution in [0.25, 0.3) is 22.4 Å². The summed E-state index contributed by atoms with van der Waals surface area (Å²) >= 11 is 0. The van der Waals surface area contributed by atoms with Crippen LogP contribution in [0, 0.1) is 5.41 Å². The minimum Gasteiger partial charge on any atom is -0.337 e. The molecule has 0 spiro atoms. The zero-order valence-corrected chi connectivity index (χ0v) is 12.4. The predicted octanol–water partition coefficient (Wildman–Crippen LogP) is 3.33. The van der Waals surface area contributed by atoms with Crippen LogP contribution in [0.4, 0.5) is 0 Å². The lowest BCUT2D eigenvalue weighted by Crippen LogP contribution is -2.26. The second-order valence-electron chi connectivity index (χ2n) is 6.19. The topological polar surface area (TPSA) is 77.8 Å².